The highest BCUT2D eigenvalue weighted by molar-refractivity contribution is 9.10. The predicted octanol–water partition coefficient (Wildman–Crippen LogP) is 1.87. The summed E-state index contributed by atoms with van der Waals surface area (Å²) in [6.45, 7) is 0.143. The third-order valence-electron chi connectivity index (χ3n) is 1.86. The lowest BCUT2D eigenvalue weighted by atomic mass is 10.3. The Hall–Kier alpha value is -1.40. The average molecular weight is 303 g/mol. The molecule has 1 aromatic heterocycles. The number of halogens is 2. The van der Waals surface area contributed by atoms with E-state index in [1.165, 1.54) is 0 Å². The molecule has 2 rings (SSSR count). The zero-order valence-electron chi connectivity index (χ0n) is 7.66. The number of ether oxygens (including phenoxy) is 1. The Labute approximate surface area is 103 Å². The molecule has 0 unspecified atom stereocenters. The van der Waals surface area contributed by atoms with Gasteiger partial charge in [-0.15, -0.1) is 0 Å². The SMILES string of the molecule is O=COc1nc2cc(Cl)c(Br)cc2[nH]c1=O. The molecule has 1 aromatic carbocycles. The summed E-state index contributed by atoms with van der Waals surface area (Å²) < 4.78 is 5.07. The minimum absolute atomic E-state index is 0.143. The zero-order valence-corrected chi connectivity index (χ0v) is 10.0. The van der Waals surface area contributed by atoms with Crippen LogP contribution in [0.25, 0.3) is 11.0 Å². The number of nitrogens with zero attached hydrogens (tertiary/aromatic N) is 1. The summed E-state index contributed by atoms with van der Waals surface area (Å²) in [6, 6.07) is 3.17. The van der Waals surface area contributed by atoms with Crippen molar-refractivity contribution in [1.82, 2.24) is 9.97 Å². The molecule has 7 heteroatoms. The van der Waals surface area contributed by atoms with Crippen LogP contribution in [0.5, 0.6) is 5.88 Å². The first-order chi connectivity index (χ1) is 7.61. The summed E-state index contributed by atoms with van der Waals surface area (Å²) in [5.41, 5.74) is 0.359. The van der Waals surface area contributed by atoms with Gasteiger partial charge in [-0.2, -0.15) is 0 Å². The highest BCUT2D eigenvalue weighted by atomic mass is 79.9. The van der Waals surface area contributed by atoms with Crippen LogP contribution in [0, 0.1) is 0 Å². The lowest BCUT2D eigenvalue weighted by Gasteiger charge is -2.02. The van der Waals surface area contributed by atoms with Gasteiger partial charge in [-0.1, -0.05) is 11.6 Å². The van der Waals surface area contributed by atoms with Crippen molar-refractivity contribution in [1.29, 1.82) is 0 Å². The monoisotopic (exact) mass is 302 g/mol. The summed E-state index contributed by atoms with van der Waals surface area (Å²) in [7, 11) is 0. The zero-order chi connectivity index (χ0) is 11.7. The van der Waals surface area contributed by atoms with Gasteiger partial charge in [-0.25, -0.2) is 4.98 Å². The Bertz CT molecular complexity index is 626. The van der Waals surface area contributed by atoms with Crippen LogP contribution in [-0.4, -0.2) is 16.4 Å². The van der Waals surface area contributed by atoms with E-state index in [1.54, 1.807) is 12.1 Å². The van der Waals surface area contributed by atoms with E-state index < -0.39 is 5.56 Å². The number of fused-ring (bicyclic) bond motifs is 1. The molecule has 16 heavy (non-hydrogen) atoms. The largest absolute Gasteiger partial charge is 0.404 e. The van der Waals surface area contributed by atoms with Gasteiger partial charge in [0.05, 0.1) is 16.1 Å². The Morgan fingerprint density at radius 1 is 1.50 bits per heavy atom. The number of rotatable bonds is 2. The van der Waals surface area contributed by atoms with Gasteiger partial charge < -0.3 is 9.72 Å². The Balaban J connectivity index is 2.74. The second kappa shape index (κ2) is 4.23. The van der Waals surface area contributed by atoms with Gasteiger partial charge in [-0.3, -0.25) is 9.59 Å². The summed E-state index contributed by atoms with van der Waals surface area (Å²) in [5.74, 6) is -0.305. The van der Waals surface area contributed by atoms with Gasteiger partial charge in [0.2, 0.25) is 0 Å². The summed E-state index contributed by atoms with van der Waals surface area (Å²) in [5, 5.41) is 0.448. The highest BCUT2D eigenvalue weighted by Crippen LogP contribution is 2.26. The second-order valence-corrected chi connectivity index (χ2v) is 4.13. The average Bonchev–Trinajstić information content (AvgIpc) is 2.23. The van der Waals surface area contributed by atoms with Crippen LogP contribution in [0.15, 0.2) is 21.4 Å². The standard InChI is InChI=1S/C9H4BrClN2O3/c10-4-1-6-7(2-5(4)11)13-9(16-3-14)8(15)12-6/h1-3H,(H,12,15). The van der Waals surface area contributed by atoms with Crippen LogP contribution >= 0.6 is 27.5 Å². The topological polar surface area (TPSA) is 72.0 Å². The van der Waals surface area contributed by atoms with E-state index in [1.807, 2.05) is 0 Å². The lowest BCUT2D eigenvalue weighted by Crippen LogP contribution is -2.12. The first-order valence-electron chi connectivity index (χ1n) is 4.11. The summed E-state index contributed by atoms with van der Waals surface area (Å²) >= 11 is 9.09. The van der Waals surface area contributed by atoms with Gasteiger partial charge in [0.1, 0.15) is 0 Å². The molecule has 0 atom stereocenters. The van der Waals surface area contributed by atoms with Crippen molar-refractivity contribution in [3.8, 4) is 5.88 Å². The van der Waals surface area contributed by atoms with Crippen molar-refractivity contribution in [2.45, 2.75) is 0 Å². The molecular weight excluding hydrogens is 299 g/mol. The maximum Gasteiger partial charge on any atom is 0.311 e. The number of carbonyl (C=O) groups is 1. The normalized spacial score (nSPS) is 10.4. The molecule has 0 aliphatic rings. The van der Waals surface area contributed by atoms with E-state index in [0.717, 1.165) is 0 Å². The van der Waals surface area contributed by atoms with E-state index >= 15 is 0 Å². The van der Waals surface area contributed by atoms with E-state index in [0.29, 0.717) is 20.5 Å². The molecule has 2 aromatic rings. The van der Waals surface area contributed by atoms with Crippen LogP contribution in [0.2, 0.25) is 5.02 Å². The van der Waals surface area contributed by atoms with Crippen molar-refractivity contribution in [2.75, 3.05) is 0 Å². The fraction of sp³-hybridized carbons (Fsp3) is 0. The van der Waals surface area contributed by atoms with Crippen molar-refractivity contribution >= 4 is 45.0 Å². The lowest BCUT2D eigenvalue weighted by molar-refractivity contribution is -0.121. The quantitative estimate of drug-likeness (QED) is 0.860. The highest BCUT2D eigenvalue weighted by Gasteiger charge is 2.08. The third kappa shape index (κ3) is 1.94. The molecule has 82 valence electrons. The Morgan fingerprint density at radius 3 is 2.94 bits per heavy atom. The number of hydrogen-bond donors (Lipinski definition) is 1. The molecule has 1 N–H and O–H groups in total. The van der Waals surface area contributed by atoms with Gasteiger partial charge in [0.25, 0.3) is 12.4 Å². The van der Waals surface area contributed by atoms with Crippen molar-refractivity contribution in [3.05, 3.63) is 32.0 Å². The molecule has 0 saturated heterocycles. The maximum absolute atomic E-state index is 11.4. The number of H-pyrrole nitrogens is 1. The number of hydrogen-bond acceptors (Lipinski definition) is 4. The molecule has 0 spiro atoms. The van der Waals surface area contributed by atoms with Gasteiger partial charge in [0, 0.05) is 4.47 Å². The Kier molecular flexibility index (Phi) is 2.93. The fourth-order valence-electron chi connectivity index (χ4n) is 1.19. The molecule has 5 nitrogen and oxygen atoms in total. The van der Waals surface area contributed by atoms with E-state index in [2.05, 4.69) is 30.6 Å². The number of aromatic nitrogens is 2. The number of aromatic amines is 1. The fourth-order valence-corrected chi connectivity index (χ4v) is 1.69. The molecular formula is C9H4BrClN2O3. The van der Waals surface area contributed by atoms with Crippen LogP contribution < -0.4 is 10.3 Å². The van der Waals surface area contributed by atoms with Gasteiger partial charge >= 0.3 is 5.56 Å². The molecule has 0 bridgehead atoms. The second-order valence-electron chi connectivity index (χ2n) is 2.87. The van der Waals surface area contributed by atoms with Crippen LogP contribution in [0.4, 0.5) is 0 Å². The van der Waals surface area contributed by atoms with Crippen molar-refractivity contribution in [2.24, 2.45) is 0 Å². The third-order valence-corrected chi connectivity index (χ3v) is 3.06. The van der Waals surface area contributed by atoms with Crippen LogP contribution in [-0.2, 0) is 4.79 Å². The van der Waals surface area contributed by atoms with Crippen LogP contribution in [0.3, 0.4) is 0 Å². The smallest absolute Gasteiger partial charge is 0.311 e. The van der Waals surface area contributed by atoms with E-state index in [4.69, 9.17) is 11.6 Å². The maximum atomic E-state index is 11.4. The molecule has 0 saturated carbocycles. The van der Waals surface area contributed by atoms with E-state index in [-0.39, 0.29) is 12.4 Å². The van der Waals surface area contributed by atoms with E-state index in [9.17, 15) is 9.59 Å². The molecule has 1 heterocycles. The minimum Gasteiger partial charge on any atom is -0.404 e. The van der Waals surface area contributed by atoms with Crippen molar-refractivity contribution < 1.29 is 9.53 Å². The molecule has 0 amide bonds. The van der Waals surface area contributed by atoms with Gasteiger partial charge in [0.15, 0.2) is 0 Å². The minimum atomic E-state index is -0.575. The first-order valence-corrected chi connectivity index (χ1v) is 5.28. The predicted molar refractivity (Wildman–Crippen MR) is 61.8 cm³/mol. The Morgan fingerprint density at radius 2 is 2.25 bits per heavy atom. The van der Waals surface area contributed by atoms with Crippen molar-refractivity contribution in [3.63, 3.8) is 0 Å². The molecule has 0 aliphatic heterocycles. The first kappa shape index (κ1) is 11.1. The molecule has 0 radical (unpaired) electrons. The number of carbonyl (C=O) groups excluding carboxylic acids is 1. The molecule has 0 fully saturated rings. The number of nitrogens with one attached hydrogen (secondary N) is 1. The number of benzene rings is 1. The molecule has 0 aliphatic carbocycles. The van der Waals surface area contributed by atoms with Crippen LogP contribution in [0.1, 0.15) is 0 Å². The van der Waals surface area contributed by atoms with Gasteiger partial charge in [-0.05, 0) is 28.1 Å². The summed E-state index contributed by atoms with van der Waals surface area (Å²) in [4.78, 5) is 27.9. The summed E-state index contributed by atoms with van der Waals surface area (Å²) in [6.07, 6.45) is 0.